The van der Waals surface area contributed by atoms with Crippen molar-refractivity contribution in [1.82, 2.24) is 14.9 Å². The van der Waals surface area contributed by atoms with Gasteiger partial charge >= 0.3 is 6.03 Å². The second-order valence-corrected chi connectivity index (χ2v) is 6.11. The van der Waals surface area contributed by atoms with Gasteiger partial charge in [0, 0.05) is 31.2 Å². The number of amides is 2. The SMILES string of the molecule is C=C(C)COc1cccc(NC(=O)N[C@H](CCC)c2nccn2C)c1. The third-order valence-electron chi connectivity index (χ3n) is 3.63. The van der Waals surface area contributed by atoms with Crippen molar-refractivity contribution in [3.05, 3.63) is 54.6 Å². The Hall–Kier alpha value is -2.76. The molecule has 6 heteroatoms. The molecule has 2 rings (SSSR count). The Balaban J connectivity index is 1.99. The molecular weight excluding hydrogens is 316 g/mol. The van der Waals surface area contributed by atoms with Gasteiger partial charge in [-0.3, -0.25) is 0 Å². The van der Waals surface area contributed by atoms with Gasteiger partial charge in [-0.15, -0.1) is 0 Å². The summed E-state index contributed by atoms with van der Waals surface area (Å²) in [4.78, 5) is 16.7. The second-order valence-electron chi connectivity index (χ2n) is 6.11. The van der Waals surface area contributed by atoms with Crippen LogP contribution in [-0.2, 0) is 7.05 Å². The van der Waals surface area contributed by atoms with Gasteiger partial charge < -0.3 is 19.9 Å². The van der Waals surface area contributed by atoms with Crippen LogP contribution in [-0.4, -0.2) is 22.2 Å². The van der Waals surface area contributed by atoms with Gasteiger partial charge in [-0.2, -0.15) is 0 Å². The van der Waals surface area contributed by atoms with Gasteiger partial charge in [-0.25, -0.2) is 9.78 Å². The summed E-state index contributed by atoms with van der Waals surface area (Å²) in [5.41, 5.74) is 1.61. The molecule has 25 heavy (non-hydrogen) atoms. The molecule has 0 spiro atoms. The molecule has 0 unspecified atom stereocenters. The maximum Gasteiger partial charge on any atom is 0.319 e. The van der Waals surface area contributed by atoms with Crippen LogP contribution in [0.5, 0.6) is 5.75 Å². The summed E-state index contributed by atoms with van der Waals surface area (Å²) in [7, 11) is 1.92. The first-order valence-electron chi connectivity index (χ1n) is 8.41. The van der Waals surface area contributed by atoms with Gasteiger partial charge in [0.05, 0.1) is 6.04 Å². The molecule has 1 atom stereocenters. The van der Waals surface area contributed by atoms with Crippen LogP contribution >= 0.6 is 0 Å². The van der Waals surface area contributed by atoms with E-state index in [4.69, 9.17) is 4.74 Å². The van der Waals surface area contributed by atoms with Crippen molar-refractivity contribution in [1.29, 1.82) is 0 Å². The molecule has 0 aliphatic carbocycles. The van der Waals surface area contributed by atoms with Gasteiger partial charge in [-0.05, 0) is 31.1 Å². The number of rotatable bonds is 8. The van der Waals surface area contributed by atoms with Crippen molar-refractivity contribution >= 4 is 11.7 Å². The summed E-state index contributed by atoms with van der Waals surface area (Å²) in [6.45, 7) is 8.25. The van der Waals surface area contributed by atoms with Crippen molar-refractivity contribution in [3.63, 3.8) is 0 Å². The predicted molar refractivity (Wildman–Crippen MR) is 99.8 cm³/mol. The first-order valence-corrected chi connectivity index (χ1v) is 8.41. The van der Waals surface area contributed by atoms with Crippen molar-refractivity contribution in [3.8, 4) is 5.75 Å². The molecule has 1 heterocycles. The van der Waals surface area contributed by atoms with Crippen molar-refractivity contribution in [2.75, 3.05) is 11.9 Å². The summed E-state index contributed by atoms with van der Waals surface area (Å²) >= 11 is 0. The van der Waals surface area contributed by atoms with Gasteiger partial charge in [0.25, 0.3) is 0 Å². The Morgan fingerprint density at radius 1 is 1.44 bits per heavy atom. The summed E-state index contributed by atoms with van der Waals surface area (Å²) in [5.74, 6) is 1.53. The van der Waals surface area contributed by atoms with E-state index in [9.17, 15) is 4.79 Å². The summed E-state index contributed by atoms with van der Waals surface area (Å²) in [5, 5.41) is 5.84. The quantitative estimate of drug-likeness (QED) is 0.712. The molecule has 2 aromatic rings. The molecule has 2 amide bonds. The lowest BCUT2D eigenvalue weighted by atomic mass is 10.1. The highest BCUT2D eigenvalue weighted by Crippen LogP contribution is 2.19. The molecule has 134 valence electrons. The molecule has 0 saturated carbocycles. The zero-order chi connectivity index (χ0) is 18.2. The van der Waals surface area contributed by atoms with E-state index in [0.29, 0.717) is 18.0 Å². The lowest BCUT2D eigenvalue weighted by molar-refractivity contribution is 0.247. The van der Waals surface area contributed by atoms with Crippen LogP contribution in [0.3, 0.4) is 0 Å². The fraction of sp³-hybridized carbons (Fsp3) is 0.368. The van der Waals surface area contributed by atoms with Crippen LogP contribution in [0.1, 0.15) is 38.6 Å². The van der Waals surface area contributed by atoms with Crippen molar-refractivity contribution in [2.45, 2.75) is 32.7 Å². The minimum atomic E-state index is -0.265. The zero-order valence-electron chi connectivity index (χ0n) is 15.1. The van der Waals surface area contributed by atoms with E-state index in [0.717, 1.165) is 24.2 Å². The number of nitrogens with one attached hydrogen (secondary N) is 2. The average Bonchev–Trinajstić information content (AvgIpc) is 2.99. The Morgan fingerprint density at radius 2 is 2.24 bits per heavy atom. The molecule has 0 aliphatic rings. The van der Waals surface area contributed by atoms with E-state index in [-0.39, 0.29) is 12.1 Å². The van der Waals surface area contributed by atoms with Crippen LogP contribution in [0.25, 0.3) is 0 Å². The van der Waals surface area contributed by atoms with Crippen LogP contribution in [0.4, 0.5) is 10.5 Å². The number of anilines is 1. The first-order chi connectivity index (χ1) is 12.0. The van der Waals surface area contributed by atoms with Crippen LogP contribution in [0, 0.1) is 0 Å². The van der Waals surface area contributed by atoms with E-state index < -0.39 is 0 Å². The lowest BCUT2D eigenvalue weighted by Crippen LogP contribution is -2.33. The standard InChI is InChI=1S/C19H26N4O2/c1-5-7-17(18-20-10-11-23(18)4)22-19(24)21-15-8-6-9-16(12-15)25-13-14(2)3/h6,8-12,17H,2,5,7,13H2,1,3-4H3,(H2,21,22,24)/t17-/m1/s1. The third kappa shape index (κ3) is 5.67. The van der Waals surface area contributed by atoms with Gasteiger partial charge in [0.15, 0.2) is 0 Å². The Labute approximate surface area is 148 Å². The highest BCUT2D eigenvalue weighted by molar-refractivity contribution is 5.89. The zero-order valence-corrected chi connectivity index (χ0v) is 15.1. The molecular formula is C19H26N4O2. The van der Waals surface area contributed by atoms with Gasteiger partial charge in [0.2, 0.25) is 0 Å². The number of ether oxygens (including phenoxy) is 1. The predicted octanol–water partition coefficient (Wildman–Crippen LogP) is 4.04. The van der Waals surface area contributed by atoms with Gasteiger partial charge in [-0.1, -0.05) is 26.0 Å². The number of hydrogen-bond acceptors (Lipinski definition) is 3. The second kappa shape index (κ2) is 8.92. The normalized spacial score (nSPS) is 11.6. The highest BCUT2D eigenvalue weighted by atomic mass is 16.5. The average molecular weight is 342 g/mol. The van der Waals surface area contributed by atoms with E-state index >= 15 is 0 Å². The maximum absolute atomic E-state index is 12.4. The minimum absolute atomic E-state index is 0.132. The van der Waals surface area contributed by atoms with Crippen LogP contribution < -0.4 is 15.4 Å². The highest BCUT2D eigenvalue weighted by Gasteiger charge is 2.17. The van der Waals surface area contributed by atoms with E-state index in [2.05, 4.69) is 29.1 Å². The molecule has 0 radical (unpaired) electrons. The molecule has 1 aromatic carbocycles. The summed E-state index contributed by atoms with van der Waals surface area (Å²) in [6, 6.07) is 6.90. The third-order valence-corrected chi connectivity index (χ3v) is 3.63. The number of nitrogens with zero attached hydrogens (tertiary/aromatic N) is 2. The number of benzene rings is 1. The molecule has 0 saturated heterocycles. The Morgan fingerprint density at radius 3 is 2.88 bits per heavy atom. The number of aromatic nitrogens is 2. The molecule has 2 N–H and O–H groups in total. The number of aryl methyl sites for hydroxylation is 1. The molecule has 1 aromatic heterocycles. The molecule has 0 aliphatic heterocycles. The van der Waals surface area contributed by atoms with Crippen LogP contribution in [0.15, 0.2) is 48.8 Å². The fourth-order valence-corrected chi connectivity index (χ4v) is 2.46. The van der Waals surface area contributed by atoms with E-state index in [1.165, 1.54) is 0 Å². The number of urea groups is 1. The minimum Gasteiger partial charge on any atom is -0.489 e. The molecule has 0 fully saturated rings. The Bertz CT molecular complexity index is 724. The van der Waals surface area contributed by atoms with Crippen molar-refractivity contribution < 1.29 is 9.53 Å². The van der Waals surface area contributed by atoms with Crippen LogP contribution in [0.2, 0.25) is 0 Å². The van der Waals surface area contributed by atoms with E-state index in [1.807, 2.05) is 42.9 Å². The largest absolute Gasteiger partial charge is 0.489 e. The topological polar surface area (TPSA) is 68.2 Å². The monoisotopic (exact) mass is 342 g/mol. The maximum atomic E-state index is 12.4. The number of hydrogen-bond donors (Lipinski definition) is 2. The molecule has 0 bridgehead atoms. The summed E-state index contributed by atoms with van der Waals surface area (Å²) in [6.07, 6.45) is 5.38. The van der Waals surface area contributed by atoms with Crippen molar-refractivity contribution in [2.24, 2.45) is 7.05 Å². The fourth-order valence-electron chi connectivity index (χ4n) is 2.46. The smallest absolute Gasteiger partial charge is 0.319 e. The van der Waals surface area contributed by atoms with E-state index in [1.54, 1.807) is 12.3 Å². The number of carbonyl (C=O) groups excluding carboxylic acids is 1. The number of imidazole rings is 1. The lowest BCUT2D eigenvalue weighted by Gasteiger charge is -2.18. The number of carbonyl (C=O) groups is 1. The summed E-state index contributed by atoms with van der Waals surface area (Å²) < 4.78 is 7.52. The molecule has 6 nitrogen and oxygen atoms in total. The first kappa shape index (κ1) is 18.6. The Kier molecular flexibility index (Phi) is 6.62. The van der Waals surface area contributed by atoms with Gasteiger partial charge in [0.1, 0.15) is 18.2 Å².